The second-order valence-corrected chi connectivity index (χ2v) is 4.87. The number of carbonyl (C=O) groups excluding carboxylic acids is 1. The number of hydrogen-bond acceptors (Lipinski definition) is 2. The van der Waals surface area contributed by atoms with E-state index in [2.05, 4.69) is 0 Å². The Morgan fingerprint density at radius 2 is 1.60 bits per heavy atom. The zero-order valence-corrected chi connectivity index (χ0v) is 12.3. The molecular formula is C16H12Cl2O2. The molecule has 0 saturated heterocycles. The Morgan fingerprint density at radius 1 is 1.00 bits per heavy atom. The first-order valence-electron chi connectivity index (χ1n) is 5.93. The van der Waals surface area contributed by atoms with Crippen LogP contribution in [0.2, 0.25) is 10.0 Å². The van der Waals surface area contributed by atoms with Gasteiger partial charge in [-0.05, 0) is 23.8 Å². The van der Waals surface area contributed by atoms with Gasteiger partial charge in [0, 0.05) is 15.6 Å². The fraction of sp³-hybridized carbons (Fsp3) is 0.0625. The largest absolute Gasteiger partial charge is 0.465 e. The van der Waals surface area contributed by atoms with Gasteiger partial charge >= 0.3 is 5.97 Å². The van der Waals surface area contributed by atoms with Gasteiger partial charge < -0.3 is 4.74 Å². The van der Waals surface area contributed by atoms with E-state index in [-0.39, 0.29) is 0 Å². The molecule has 0 N–H and O–H groups in total. The second kappa shape index (κ2) is 6.60. The van der Waals surface area contributed by atoms with Crippen LogP contribution in [0.1, 0.15) is 11.1 Å². The number of benzene rings is 2. The number of esters is 1. The molecule has 0 bridgehead atoms. The van der Waals surface area contributed by atoms with Gasteiger partial charge in [-0.1, -0.05) is 59.6 Å². The summed E-state index contributed by atoms with van der Waals surface area (Å²) in [4.78, 5) is 12.0. The molecule has 0 spiro atoms. The molecule has 0 fully saturated rings. The van der Waals surface area contributed by atoms with Gasteiger partial charge in [0.25, 0.3) is 0 Å². The fourth-order valence-corrected chi connectivity index (χ4v) is 2.29. The van der Waals surface area contributed by atoms with E-state index in [1.165, 1.54) is 7.11 Å². The van der Waals surface area contributed by atoms with Crippen LogP contribution in [-0.4, -0.2) is 13.1 Å². The molecule has 0 heterocycles. The zero-order valence-electron chi connectivity index (χ0n) is 10.8. The molecule has 0 aliphatic heterocycles. The summed E-state index contributed by atoms with van der Waals surface area (Å²) in [6.07, 6.45) is 1.64. The number of carbonyl (C=O) groups is 1. The SMILES string of the molecule is COC(=O)/C(=C/c1c(Cl)cccc1Cl)c1ccccc1. The smallest absolute Gasteiger partial charge is 0.338 e. The standard InChI is InChI=1S/C16H12Cl2O2/c1-20-16(19)12(11-6-3-2-4-7-11)10-13-14(17)8-5-9-15(13)18/h2-10H,1H3/b12-10+. The van der Waals surface area contributed by atoms with E-state index in [1.54, 1.807) is 24.3 Å². The molecule has 2 nitrogen and oxygen atoms in total. The van der Waals surface area contributed by atoms with Crippen LogP contribution in [0.25, 0.3) is 11.6 Å². The summed E-state index contributed by atoms with van der Waals surface area (Å²) in [5, 5.41) is 0.963. The molecule has 2 aromatic rings. The first-order chi connectivity index (χ1) is 9.63. The zero-order chi connectivity index (χ0) is 14.5. The highest BCUT2D eigenvalue weighted by atomic mass is 35.5. The van der Waals surface area contributed by atoms with Gasteiger partial charge in [0.15, 0.2) is 0 Å². The van der Waals surface area contributed by atoms with Crippen LogP contribution in [0.4, 0.5) is 0 Å². The van der Waals surface area contributed by atoms with Crippen molar-refractivity contribution < 1.29 is 9.53 Å². The van der Waals surface area contributed by atoms with Crippen molar-refractivity contribution >= 4 is 40.8 Å². The van der Waals surface area contributed by atoms with Crippen LogP contribution in [0.15, 0.2) is 48.5 Å². The quantitative estimate of drug-likeness (QED) is 0.466. The minimum Gasteiger partial charge on any atom is -0.465 e. The van der Waals surface area contributed by atoms with Crippen molar-refractivity contribution in [2.75, 3.05) is 7.11 Å². The molecule has 0 amide bonds. The van der Waals surface area contributed by atoms with Crippen LogP contribution in [0.5, 0.6) is 0 Å². The number of rotatable bonds is 3. The predicted molar refractivity (Wildman–Crippen MR) is 82.8 cm³/mol. The Morgan fingerprint density at radius 3 is 2.15 bits per heavy atom. The van der Waals surface area contributed by atoms with Gasteiger partial charge in [-0.25, -0.2) is 4.79 Å². The molecular weight excluding hydrogens is 295 g/mol. The summed E-state index contributed by atoms with van der Waals surface area (Å²) < 4.78 is 4.83. The third-order valence-electron chi connectivity index (χ3n) is 2.78. The highest BCUT2D eigenvalue weighted by Gasteiger charge is 2.14. The third-order valence-corrected chi connectivity index (χ3v) is 3.44. The maximum atomic E-state index is 12.0. The van der Waals surface area contributed by atoms with E-state index in [0.29, 0.717) is 21.2 Å². The molecule has 2 rings (SSSR count). The Bertz CT molecular complexity index is 629. The molecule has 102 valence electrons. The molecule has 0 aromatic heterocycles. The van der Waals surface area contributed by atoms with E-state index in [1.807, 2.05) is 30.3 Å². The molecule has 2 aromatic carbocycles. The summed E-state index contributed by atoms with van der Waals surface area (Å²) in [6, 6.07) is 14.4. The first-order valence-corrected chi connectivity index (χ1v) is 6.68. The van der Waals surface area contributed by atoms with Crippen molar-refractivity contribution in [2.24, 2.45) is 0 Å². The van der Waals surface area contributed by atoms with Crippen molar-refractivity contribution in [2.45, 2.75) is 0 Å². The van der Waals surface area contributed by atoms with Crippen LogP contribution in [0.3, 0.4) is 0 Å². The first kappa shape index (κ1) is 14.6. The molecule has 20 heavy (non-hydrogen) atoms. The number of hydrogen-bond donors (Lipinski definition) is 0. The van der Waals surface area contributed by atoms with Crippen molar-refractivity contribution in [3.8, 4) is 0 Å². The minimum absolute atomic E-state index is 0.406. The Kier molecular flexibility index (Phi) is 4.83. The lowest BCUT2D eigenvalue weighted by atomic mass is 10.0. The van der Waals surface area contributed by atoms with Crippen molar-refractivity contribution in [1.29, 1.82) is 0 Å². The topological polar surface area (TPSA) is 26.3 Å². The van der Waals surface area contributed by atoms with Crippen LogP contribution in [0, 0.1) is 0 Å². The van der Waals surface area contributed by atoms with Crippen LogP contribution >= 0.6 is 23.2 Å². The van der Waals surface area contributed by atoms with Gasteiger partial charge in [-0.15, -0.1) is 0 Å². The lowest BCUT2D eigenvalue weighted by molar-refractivity contribution is -0.133. The molecule has 4 heteroatoms. The maximum absolute atomic E-state index is 12.0. The van der Waals surface area contributed by atoms with Crippen molar-refractivity contribution in [1.82, 2.24) is 0 Å². The van der Waals surface area contributed by atoms with E-state index in [0.717, 1.165) is 5.56 Å². The minimum atomic E-state index is -0.438. The molecule has 0 atom stereocenters. The summed E-state index contributed by atoms with van der Waals surface area (Å²) in [6.45, 7) is 0. The molecule has 0 aliphatic rings. The molecule has 0 saturated carbocycles. The monoisotopic (exact) mass is 306 g/mol. The Labute approximate surface area is 127 Å². The molecule has 0 radical (unpaired) electrons. The number of halogens is 2. The van der Waals surface area contributed by atoms with Gasteiger partial charge in [0.05, 0.1) is 12.7 Å². The third kappa shape index (κ3) is 3.21. The molecule has 0 unspecified atom stereocenters. The van der Waals surface area contributed by atoms with Gasteiger partial charge in [-0.3, -0.25) is 0 Å². The van der Waals surface area contributed by atoms with E-state index in [9.17, 15) is 4.79 Å². The predicted octanol–water partition coefficient (Wildman–Crippen LogP) is 4.71. The Balaban J connectivity index is 2.58. The van der Waals surface area contributed by atoms with Crippen molar-refractivity contribution in [3.05, 3.63) is 69.7 Å². The summed E-state index contributed by atoms with van der Waals surface area (Å²) in [5.41, 5.74) is 1.75. The lowest BCUT2D eigenvalue weighted by Crippen LogP contribution is -2.03. The lowest BCUT2D eigenvalue weighted by Gasteiger charge is -2.08. The highest BCUT2D eigenvalue weighted by Crippen LogP contribution is 2.29. The summed E-state index contributed by atoms with van der Waals surface area (Å²) >= 11 is 12.3. The normalized spacial score (nSPS) is 11.2. The van der Waals surface area contributed by atoms with E-state index >= 15 is 0 Å². The fourth-order valence-electron chi connectivity index (χ4n) is 1.78. The van der Waals surface area contributed by atoms with E-state index < -0.39 is 5.97 Å². The average molecular weight is 307 g/mol. The second-order valence-electron chi connectivity index (χ2n) is 4.05. The Hall–Kier alpha value is -1.77. The van der Waals surface area contributed by atoms with Gasteiger partial charge in [0.1, 0.15) is 0 Å². The summed E-state index contributed by atoms with van der Waals surface area (Å²) in [5.74, 6) is -0.438. The van der Waals surface area contributed by atoms with E-state index in [4.69, 9.17) is 27.9 Å². The average Bonchev–Trinajstić information content (AvgIpc) is 2.47. The van der Waals surface area contributed by atoms with Gasteiger partial charge in [0.2, 0.25) is 0 Å². The summed E-state index contributed by atoms with van der Waals surface area (Å²) in [7, 11) is 1.34. The number of ether oxygens (including phenoxy) is 1. The number of methoxy groups -OCH3 is 1. The molecule has 0 aliphatic carbocycles. The van der Waals surface area contributed by atoms with Gasteiger partial charge in [-0.2, -0.15) is 0 Å². The highest BCUT2D eigenvalue weighted by molar-refractivity contribution is 6.38. The van der Waals surface area contributed by atoms with Crippen molar-refractivity contribution in [3.63, 3.8) is 0 Å². The van der Waals surface area contributed by atoms with Crippen LogP contribution in [-0.2, 0) is 9.53 Å². The maximum Gasteiger partial charge on any atom is 0.338 e. The van der Waals surface area contributed by atoms with Crippen LogP contribution < -0.4 is 0 Å².